The first-order chi connectivity index (χ1) is 9.99. The van der Waals surface area contributed by atoms with E-state index in [1.165, 1.54) is 9.13 Å². The van der Waals surface area contributed by atoms with Crippen LogP contribution in [0.3, 0.4) is 0 Å². The van der Waals surface area contributed by atoms with Crippen LogP contribution >= 0.6 is 70.4 Å². The zero-order valence-electron chi connectivity index (χ0n) is 11.3. The lowest BCUT2D eigenvalue weighted by Crippen LogP contribution is -2.01. The molecule has 0 aliphatic carbocycles. The van der Waals surface area contributed by atoms with Crippen LogP contribution < -0.4 is 9.47 Å². The van der Waals surface area contributed by atoms with Gasteiger partial charge in [-0.05, 0) is 68.3 Å². The Labute approximate surface area is 163 Å². The minimum Gasteiger partial charge on any atom is -0.495 e. The molecule has 0 bridgehead atoms. The molecule has 2 nitrogen and oxygen atoms in total. The summed E-state index contributed by atoms with van der Waals surface area (Å²) in [4.78, 5) is 0.0269. The summed E-state index contributed by atoms with van der Waals surface area (Å²) in [5.41, 5.74) is 2.22. The maximum Gasteiger partial charge on any atom is 0.141 e. The fourth-order valence-corrected chi connectivity index (χ4v) is 4.87. The number of hydrogen-bond donors (Lipinski definition) is 0. The third-order valence-corrected chi connectivity index (χ3v) is 6.23. The number of hydrogen-bond acceptors (Lipinski definition) is 2. The van der Waals surface area contributed by atoms with Crippen LogP contribution in [0.25, 0.3) is 0 Å². The number of ether oxygens (including phenoxy) is 2. The van der Waals surface area contributed by atoms with Crippen molar-refractivity contribution in [1.82, 2.24) is 0 Å². The first kappa shape index (κ1) is 17.6. The standard InChI is InChI=1S/C15H12Br3IO2/c1-20-12-6-4-9(15(21-2)14(12)18)13(17)10-7-8(16)3-5-11(10)19/h3-7,13H,1-2H3. The highest BCUT2D eigenvalue weighted by Crippen LogP contribution is 2.45. The van der Waals surface area contributed by atoms with E-state index in [1.54, 1.807) is 14.2 Å². The first-order valence-corrected chi connectivity index (χ1v) is 9.57. The highest BCUT2D eigenvalue weighted by molar-refractivity contribution is 14.1. The van der Waals surface area contributed by atoms with Crippen molar-refractivity contribution in [2.75, 3.05) is 14.2 Å². The molecule has 0 aliphatic rings. The van der Waals surface area contributed by atoms with Gasteiger partial charge in [-0.2, -0.15) is 0 Å². The molecular weight excluding hydrogens is 579 g/mol. The van der Waals surface area contributed by atoms with Gasteiger partial charge in [0.05, 0.1) is 19.0 Å². The van der Waals surface area contributed by atoms with Crippen LogP contribution in [0.4, 0.5) is 0 Å². The van der Waals surface area contributed by atoms with Gasteiger partial charge < -0.3 is 9.47 Å². The molecule has 0 amide bonds. The molecule has 0 spiro atoms. The van der Waals surface area contributed by atoms with Gasteiger partial charge in [0, 0.05) is 13.6 Å². The van der Waals surface area contributed by atoms with Crippen molar-refractivity contribution in [3.05, 3.63) is 54.0 Å². The number of rotatable bonds is 4. The first-order valence-electron chi connectivity index (χ1n) is 5.99. The van der Waals surface area contributed by atoms with E-state index in [1.807, 2.05) is 18.2 Å². The van der Waals surface area contributed by atoms with Gasteiger partial charge in [-0.1, -0.05) is 37.9 Å². The van der Waals surface area contributed by atoms with Crippen LogP contribution in [-0.2, 0) is 0 Å². The summed E-state index contributed by atoms with van der Waals surface area (Å²) >= 11 is 13.2. The molecule has 0 aromatic heterocycles. The minimum atomic E-state index is 0.0269. The topological polar surface area (TPSA) is 18.5 Å². The summed E-state index contributed by atoms with van der Waals surface area (Å²) < 4.78 is 13.9. The fraction of sp³-hybridized carbons (Fsp3) is 0.200. The van der Waals surface area contributed by atoms with Crippen LogP contribution in [0.1, 0.15) is 16.0 Å². The van der Waals surface area contributed by atoms with Crippen molar-refractivity contribution in [3.8, 4) is 11.5 Å². The van der Waals surface area contributed by atoms with Crippen molar-refractivity contribution in [2.24, 2.45) is 0 Å². The lowest BCUT2D eigenvalue weighted by molar-refractivity contribution is 0.386. The Morgan fingerprint density at radius 2 is 1.71 bits per heavy atom. The van der Waals surface area contributed by atoms with E-state index in [0.717, 1.165) is 26.0 Å². The molecule has 21 heavy (non-hydrogen) atoms. The highest BCUT2D eigenvalue weighted by atomic mass is 127. The van der Waals surface area contributed by atoms with Gasteiger partial charge in [-0.25, -0.2) is 0 Å². The Morgan fingerprint density at radius 3 is 2.33 bits per heavy atom. The van der Waals surface area contributed by atoms with Crippen LogP contribution in [0, 0.1) is 3.57 Å². The summed E-state index contributed by atoms with van der Waals surface area (Å²) in [5.74, 6) is 1.52. The molecule has 0 aliphatic heterocycles. The van der Waals surface area contributed by atoms with Crippen LogP contribution in [0.2, 0.25) is 0 Å². The maximum atomic E-state index is 5.56. The predicted molar refractivity (Wildman–Crippen MR) is 105 cm³/mol. The predicted octanol–water partition coefficient (Wildman–Crippen LogP) is 6.32. The largest absolute Gasteiger partial charge is 0.495 e. The minimum absolute atomic E-state index is 0.0269. The van der Waals surface area contributed by atoms with Crippen LogP contribution in [0.5, 0.6) is 11.5 Å². The Morgan fingerprint density at radius 1 is 1.00 bits per heavy atom. The SMILES string of the molecule is COc1ccc(C(Br)c2cc(Br)ccc2I)c(OC)c1Br. The molecule has 1 unspecified atom stereocenters. The summed E-state index contributed by atoms with van der Waals surface area (Å²) in [6, 6.07) is 10.2. The second-order valence-electron chi connectivity index (χ2n) is 4.23. The lowest BCUT2D eigenvalue weighted by Gasteiger charge is -2.19. The Hall–Kier alpha value is 0.210. The van der Waals surface area contributed by atoms with Crippen molar-refractivity contribution in [2.45, 2.75) is 4.83 Å². The van der Waals surface area contributed by atoms with Gasteiger partial charge in [0.2, 0.25) is 0 Å². The smallest absolute Gasteiger partial charge is 0.141 e. The fourth-order valence-electron chi connectivity index (χ4n) is 1.99. The Kier molecular flexibility index (Phi) is 6.40. The quantitative estimate of drug-likeness (QED) is 0.307. The van der Waals surface area contributed by atoms with E-state index in [0.29, 0.717) is 0 Å². The molecule has 0 saturated carbocycles. The van der Waals surface area contributed by atoms with E-state index >= 15 is 0 Å². The molecule has 2 rings (SSSR count). The molecule has 0 heterocycles. The van der Waals surface area contributed by atoms with E-state index in [-0.39, 0.29) is 4.83 Å². The van der Waals surface area contributed by atoms with E-state index in [2.05, 4.69) is 82.5 Å². The average Bonchev–Trinajstić information content (AvgIpc) is 2.48. The Bertz CT molecular complexity index is 662. The van der Waals surface area contributed by atoms with Crippen LogP contribution in [0.15, 0.2) is 39.3 Å². The third-order valence-electron chi connectivity index (χ3n) is 3.02. The van der Waals surface area contributed by atoms with Gasteiger partial charge in [0.25, 0.3) is 0 Å². The zero-order valence-corrected chi connectivity index (χ0v) is 18.2. The van der Waals surface area contributed by atoms with Crippen LogP contribution in [-0.4, -0.2) is 14.2 Å². The second-order valence-corrected chi connectivity index (χ2v) is 8.02. The van der Waals surface area contributed by atoms with E-state index in [9.17, 15) is 0 Å². The van der Waals surface area contributed by atoms with Crippen molar-refractivity contribution >= 4 is 70.4 Å². The summed E-state index contributed by atoms with van der Waals surface area (Å²) in [6.07, 6.45) is 0. The molecule has 112 valence electrons. The average molecular weight is 591 g/mol. The monoisotopic (exact) mass is 588 g/mol. The van der Waals surface area contributed by atoms with Gasteiger partial charge in [0.1, 0.15) is 16.0 Å². The van der Waals surface area contributed by atoms with Gasteiger partial charge in [-0.15, -0.1) is 0 Å². The van der Waals surface area contributed by atoms with E-state index < -0.39 is 0 Å². The molecule has 6 heteroatoms. The summed E-state index contributed by atoms with van der Waals surface area (Å²) in [7, 11) is 3.30. The molecule has 0 saturated heterocycles. The normalized spacial score (nSPS) is 12.1. The van der Waals surface area contributed by atoms with E-state index in [4.69, 9.17) is 9.47 Å². The lowest BCUT2D eigenvalue weighted by atomic mass is 10.0. The van der Waals surface area contributed by atoms with Crippen molar-refractivity contribution in [1.29, 1.82) is 0 Å². The van der Waals surface area contributed by atoms with Gasteiger partial charge in [-0.3, -0.25) is 0 Å². The highest BCUT2D eigenvalue weighted by Gasteiger charge is 2.21. The molecular formula is C15H12Br3IO2. The maximum absolute atomic E-state index is 5.56. The number of methoxy groups -OCH3 is 2. The molecule has 2 aromatic rings. The zero-order chi connectivity index (χ0) is 15.6. The number of benzene rings is 2. The van der Waals surface area contributed by atoms with Crippen molar-refractivity contribution < 1.29 is 9.47 Å². The van der Waals surface area contributed by atoms with Gasteiger partial charge >= 0.3 is 0 Å². The third kappa shape index (κ3) is 3.76. The molecule has 1 atom stereocenters. The second kappa shape index (κ2) is 7.66. The van der Waals surface area contributed by atoms with Crippen molar-refractivity contribution in [3.63, 3.8) is 0 Å². The van der Waals surface area contributed by atoms with Gasteiger partial charge in [0.15, 0.2) is 0 Å². The molecule has 2 aromatic carbocycles. The summed E-state index contributed by atoms with van der Waals surface area (Å²) in [6.45, 7) is 0. The number of halogens is 4. The Balaban J connectivity index is 2.55. The summed E-state index contributed by atoms with van der Waals surface area (Å²) in [5, 5.41) is 0. The molecule has 0 radical (unpaired) electrons. The molecule has 0 N–H and O–H groups in total. The molecule has 0 fully saturated rings. The number of alkyl halides is 1.